The maximum atomic E-state index is 12.3. The summed E-state index contributed by atoms with van der Waals surface area (Å²) in [5, 5.41) is 0. The van der Waals surface area contributed by atoms with E-state index in [1.54, 1.807) is 0 Å². The molecule has 0 atom stereocenters. The third-order valence-corrected chi connectivity index (χ3v) is 2.51. The molecule has 0 bridgehead atoms. The third kappa shape index (κ3) is 3.95. The van der Waals surface area contributed by atoms with Gasteiger partial charge in [-0.2, -0.15) is 0 Å². The van der Waals surface area contributed by atoms with E-state index in [2.05, 4.69) is 4.74 Å². The van der Waals surface area contributed by atoms with Gasteiger partial charge >= 0.3 is 6.36 Å². The summed E-state index contributed by atoms with van der Waals surface area (Å²) >= 11 is 0. The second-order valence-corrected chi connectivity index (χ2v) is 4.00. The molecule has 0 radical (unpaired) electrons. The molecule has 0 saturated heterocycles. The van der Waals surface area contributed by atoms with Crippen LogP contribution in [0, 0.1) is 0 Å². The Morgan fingerprint density at radius 2 is 1.62 bits per heavy atom. The number of hydrogen-bond donors (Lipinski definition) is 1. The van der Waals surface area contributed by atoms with Crippen LogP contribution in [0.15, 0.2) is 42.5 Å². The van der Waals surface area contributed by atoms with Crippen LogP contribution in [0.3, 0.4) is 0 Å². The van der Waals surface area contributed by atoms with Crippen LogP contribution < -0.4 is 19.9 Å². The zero-order valence-corrected chi connectivity index (χ0v) is 11.0. The fraction of sp³-hybridized carbons (Fsp3) is 0.143. The largest absolute Gasteiger partial charge is 0.573 e. The summed E-state index contributed by atoms with van der Waals surface area (Å²) in [4.78, 5) is 0. The molecule has 2 aromatic carbocycles. The highest BCUT2D eigenvalue weighted by molar-refractivity contribution is 5.56. The van der Waals surface area contributed by atoms with Gasteiger partial charge in [0.1, 0.15) is 11.5 Å². The average molecular weight is 299 g/mol. The van der Waals surface area contributed by atoms with Crippen LogP contribution in [-0.4, -0.2) is 13.5 Å². The average Bonchev–Trinajstić information content (AvgIpc) is 2.41. The Morgan fingerprint density at radius 3 is 2.24 bits per heavy atom. The smallest absolute Gasteiger partial charge is 0.494 e. The lowest BCUT2D eigenvalue weighted by atomic mass is 10.2. The van der Waals surface area contributed by atoms with Crippen molar-refractivity contribution in [3.63, 3.8) is 0 Å². The number of para-hydroxylation sites is 2. The summed E-state index contributed by atoms with van der Waals surface area (Å²) in [5.41, 5.74) is 6.05. The van der Waals surface area contributed by atoms with E-state index in [0.29, 0.717) is 11.4 Å². The second kappa shape index (κ2) is 5.82. The molecule has 0 aromatic heterocycles. The first-order valence-corrected chi connectivity index (χ1v) is 5.85. The molecule has 21 heavy (non-hydrogen) atoms. The molecule has 112 valence electrons. The van der Waals surface area contributed by atoms with Gasteiger partial charge in [-0.25, -0.2) is 0 Å². The van der Waals surface area contributed by atoms with E-state index in [0.717, 1.165) is 6.07 Å². The van der Waals surface area contributed by atoms with Gasteiger partial charge in [0.15, 0.2) is 11.5 Å². The Kier molecular flexibility index (Phi) is 4.11. The number of anilines is 1. The van der Waals surface area contributed by atoms with Crippen molar-refractivity contribution in [1.82, 2.24) is 0 Å². The van der Waals surface area contributed by atoms with E-state index in [9.17, 15) is 13.2 Å². The van der Waals surface area contributed by atoms with E-state index in [1.807, 2.05) is 0 Å². The minimum atomic E-state index is -4.79. The minimum absolute atomic E-state index is 0.0679. The zero-order chi connectivity index (χ0) is 15.5. The van der Waals surface area contributed by atoms with Gasteiger partial charge in [0.2, 0.25) is 0 Å². The third-order valence-electron chi connectivity index (χ3n) is 2.51. The van der Waals surface area contributed by atoms with Crippen LogP contribution in [0.1, 0.15) is 0 Å². The van der Waals surface area contributed by atoms with Gasteiger partial charge in [0.25, 0.3) is 0 Å². The predicted octanol–water partition coefficient (Wildman–Crippen LogP) is 3.97. The molecular formula is C14H12F3NO3. The van der Waals surface area contributed by atoms with Gasteiger partial charge in [-0.3, -0.25) is 0 Å². The van der Waals surface area contributed by atoms with E-state index in [1.165, 1.54) is 43.5 Å². The van der Waals surface area contributed by atoms with Crippen LogP contribution in [0.2, 0.25) is 0 Å². The zero-order valence-electron chi connectivity index (χ0n) is 11.0. The number of nitrogens with two attached hydrogens (primary N) is 1. The molecule has 0 fully saturated rings. The molecule has 0 heterocycles. The van der Waals surface area contributed by atoms with Crippen molar-refractivity contribution in [2.24, 2.45) is 0 Å². The van der Waals surface area contributed by atoms with Crippen molar-refractivity contribution in [2.45, 2.75) is 6.36 Å². The fourth-order valence-electron chi connectivity index (χ4n) is 1.63. The maximum absolute atomic E-state index is 12.3. The van der Waals surface area contributed by atoms with Crippen molar-refractivity contribution in [3.8, 4) is 23.0 Å². The molecule has 0 aliphatic carbocycles. The summed E-state index contributed by atoms with van der Waals surface area (Å²) in [6.07, 6.45) is -4.79. The minimum Gasteiger partial charge on any atom is -0.494 e. The first-order valence-electron chi connectivity index (χ1n) is 5.85. The van der Waals surface area contributed by atoms with Crippen LogP contribution in [-0.2, 0) is 0 Å². The Labute approximate surface area is 118 Å². The van der Waals surface area contributed by atoms with Crippen molar-refractivity contribution in [2.75, 3.05) is 12.8 Å². The molecular weight excluding hydrogens is 287 g/mol. The van der Waals surface area contributed by atoms with E-state index in [4.69, 9.17) is 15.2 Å². The monoisotopic (exact) mass is 299 g/mol. The van der Waals surface area contributed by atoms with E-state index >= 15 is 0 Å². The number of benzene rings is 2. The molecule has 0 aliphatic heterocycles. The fourth-order valence-corrected chi connectivity index (χ4v) is 1.63. The quantitative estimate of drug-likeness (QED) is 0.868. The van der Waals surface area contributed by atoms with Crippen molar-refractivity contribution in [1.29, 1.82) is 0 Å². The molecule has 4 nitrogen and oxygen atoms in total. The van der Waals surface area contributed by atoms with Crippen molar-refractivity contribution >= 4 is 5.69 Å². The lowest BCUT2D eigenvalue weighted by Crippen LogP contribution is -2.17. The van der Waals surface area contributed by atoms with Crippen LogP contribution >= 0.6 is 0 Å². The number of nitrogen functional groups attached to an aromatic ring is 1. The van der Waals surface area contributed by atoms with Gasteiger partial charge in [0, 0.05) is 6.07 Å². The Morgan fingerprint density at radius 1 is 0.952 bits per heavy atom. The van der Waals surface area contributed by atoms with Gasteiger partial charge in [-0.05, 0) is 24.3 Å². The topological polar surface area (TPSA) is 53.7 Å². The summed E-state index contributed by atoms with van der Waals surface area (Å²) in [6, 6.07) is 10.00. The van der Waals surface area contributed by atoms with Gasteiger partial charge in [0.05, 0.1) is 12.8 Å². The second-order valence-electron chi connectivity index (χ2n) is 4.00. The summed E-state index contributed by atoms with van der Waals surface area (Å²) in [7, 11) is 1.43. The van der Waals surface area contributed by atoms with Crippen molar-refractivity contribution < 1.29 is 27.4 Å². The predicted molar refractivity (Wildman–Crippen MR) is 70.6 cm³/mol. The lowest BCUT2D eigenvalue weighted by Gasteiger charge is -2.14. The Bertz CT molecular complexity index is 629. The molecule has 0 spiro atoms. The highest BCUT2D eigenvalue weighted by Crippen LogP contribution is 2.36. The summed E-state index contributed by atoms with van der Waals surface area (Å²) < 4.78 is 51.3. The standard InChI is InChI=1S/C14H12F3NO3/c1-19-13-8-9(6-7-10(13)18)20-11-4-2-3-5-12(11)21-14(15,16)17/h2-8H,18H2,1H3. The lowest BCUT2D eigenvalue weighted by molar-refractivity contribution is -0.275. The molecule has 7 heteroatoms. The Balaban J connectivity index is 2.27. The highest BCUT2D eigenvalue weighted by atomic mass is 19.4. The molecule has 2 rings (SSSR count). The van der Waals surface area contributed by atoms with E-state index in [-0.39, 0.29) is 11.5 Å². The summed E-state index contributed by atoms with van der Waals surface area (Å²) in [5.74, 6) is 0.142. The van der Waals surface area contributed by atoms with E-state index < -0.39 is 12.1 Å². The number of ether oxygens (including phenoxy) is 3. The highest BCUT2D eigenvalue weighted by Gasteiger charge is 2.32. The normalized spacial score (nSPS) is 11.0. The van der Waals surface area contributed by atoms with Crippen LogP contribution in [0.5, 0.6) is 23.0 Å². The Hall–Kier alpha value is -2.57. The van der Waals surface area contributed by atoms with Gasteiger partial charge < -0.3 is 19.9 Å². The molecule has 0 unspecified atom stereocenters. The molecule has 0 aliphatic rings. The van der Waals surface area contributed by atoms with Gasteiger partial charge in [-0.15, -0.1) is 13.2 Å². The molecule has 0 saturated carbocycles. The number of rotatable bonds is 4. The molecule has 0 amide bonds. The molecule has 2 aromatic rings. The van der Waals surface area contributed by atoms with Crippen molar-refractivity contribution in [3.05, 3.63) is 42.5 Å². The molecule has 2 N–H and O–H groups in total. The number of hydrogen-bond acceptors (Lipinski definition) is 4. The van der Waals surface area contributed by atoms with Gasteiger partial charge in [-0.1, -0.05) is 12.1 Å². The number of methoxy groups -OCH3 is 1. The summed E-state index contributed by atoms with van der Waals surface area (Å²) in [6.45, 7) is 0. The maximum Gasteiger partial charge on any atom is 0.573 e. The SMILES string of the molecule is COc1cc(Oc2ccccc2OC(F)(F)F)ccc1N. The van der Waals surface area contributed by atoms with Crippen LogP contribution in [0.25, 0.3) is 0 Å². The number of halogens is 3. The number of alkyl halides is 3. The first kappa shape index (κ1) is 14.8. The van der Waals surface area contributed by atoms with Crippen LogP contribution in [0.4, 0.5) is 18.9 Å². The first-order chi connectivity index (χ1) is 9.89.